The molecule has 2 aromatic rings. The summed E-state index contributed by atoms with van der Waals surface area (Å²) in [5, 5.41) is 2.75. The lowest BCUT2D eigenvalue weighted by atomic mass is 10.2. The number of anilines is 1. The molecule has 2 amide bonds. The van der Waals surface area contributed by atoms with Crippen LogP contribution in [0.25, 0.3) is 6.08 Å². The topological polar surface area (TPSA) is 75.7 Å². The van der Waals surface area contributed by atoms with Gasteiger partial charge in [-0.25, -0.2) is 4.79 Å². The quantitative estimate of drug-likeness (QED) is 0.320. The van der Waals surface area contributed by atoms with Gasteiger partial charge < -0.3 is 10.1 Å². The highest BCUT2D eigenvalue weighted by molar-refractivity contribution is 9.10. The van der Waals surface area contributed by atoms with Gasteiger partial charge in [0.2, 0.25) is 5.91 Å². The lowest BCUT2D eigenvalue weighted by molar-refractivity contribution is -0.122. The largest absolute Gasteiger partial charge is 0.462 e. The van der Waals surface area contributed by atoms with Gasteiger partial charge in [0.25, 0.3) is 5.91 Å². The molecule has 0 radical (unpaired) electrons. The van der Waals surface area contributed by atoms with E-state index < -0.39 is 5.97 Å². The van der Waals surface area contributed by atoms with Gasteiger partial charge in [-0.15, -0.1) is 0 Å². The molecule has 9 heteroatoms. The summed E-state index contributed by atoms with van der Waals surface area (Å²) in [6.07, 6.45) is 1.88. The van der Waals surface area contributed by atoms with Crippen molar-refractivity contribution in [3.8, 4) is 0 Å². The van der Waals surface area contributed by atoms with E-state index in [-0.39, 0.29) is 24.8 Å². The van der Waals surface area contributed by atoms with Crippen LogP contribution < -0.4 is 5.32 Å². The van der Waals surface area contributed by atoms with E-state index in [4.69, 9.17) is 17.0 Å². The summed E-state index contributed by atoms with van der Waals surface area (Å²) in [5.74, 6) is -0.870. The molecule has 0 aromatic heterocycles. The molecule has 2 aromatic carbocycles. The summed E-state index contributed by atoms with van der Waals surface area (Å²) in [6, 6.07) is 14.0. The maximum Gasteiger partial charge on any atom is 0.338 e. The number of thioether (sulfide) groups is 1. The van der Waals surface area contributed by atoms with Crippen LogP contribution in [0.4, 0.5) is 5.69 Å². The lowest BCUT2D eigenvalue weighted by Crippen LogP contribution is -2.31. The smallest absolute Gasteiger partial charge is 0.338 e. The third-order valence-corrected chi connectivity index (χ3v) is 6.19. The Morgan fingerprint density at radius 3 is 2.48 bits per heavy atom. The predicted molar refractivity (Wildman–Crippen MR) is 130 cm³/mol. The maximum absolute atomic E-state index is 12.7. The van der Waals surface area contributed by atoms with Gasteiger partial charge in [0.1, 0.15) is 4.32 Å². The number of benzene rings is 2. The van der Waals surface area contributed by atoms with Crippen molar-refractivity contribution < 1.29 is 19.1 Å². The van der Waals surface area contributed by atoms with Crippen molar-refractivity contribution in [2.24, 2.45) is 0 Å². The minimum absolute atomic E-state index is 0.0949. The number of amides is 2. The molecule has 3 rings (SSSR count). The molecule has 1 saturated heterocycles. The molecule has 1 N–H and O–H groups in total. The summed E-state index contributed by atoms with van der Waals surface area (Å²) in [7, 11) is 0. The molecule has 160 valence electrons. The van der Waals surface area contributed by atoms with Crippen molar-refractivity contribution in [3.05, 3.63) is 69.0 Å². The van der Waals surface area contributed by atoms with Gasteiger partial charge in [-0.2, -0.15) is 0 Å². The zero-order chi connectivity index (χ0) is 22.4. The van der Waals surface area contributed by atoms with Crippen molar-refractivity contribution in [1.82, 2.24) is 4.90 Å². The third kappa shape index (κ3) is 6.25. The fourth-order valence-electron chi connectivity index (χ4n) is 2.74. The van der Waals surface area contributed by atoms with Gasteiger partial charge in [0, 0.05) is 23.1 Å². The second kappa shape index (κ2) is 10.7. The summed E-state index contributed by atoms with van der Waals surface area (Å²) in [6.45, 7) is 2.23. The molecule has 31 heavy (non-hydrogen) atoms. The van der Waals surface area contributed by atoms with E-state index in [0.29, 0.717) is 27.1 Å². The number of ether oxygens (including phenoxy) is 1. The molecule has 1 aliphatic heterocycles. The monoisotopic (exact) mass is 518 g/mol. The number of nitrogens with zero attached hydrogens (tertiary/aromatic N) is 1. The molecule has 0 saturated carbocycles. The molecule has 0 bridgehead atoms. The van der Waals surface area contributed by atoms with Gasteiger partial charge in [0.15, 0.2) is 0 Å². The number of carbonyl (C=O) groups is 3. The minimum atomic E-state index is -0.411. The zero-order valence-corrected chi connectivity index (χ0v) is 19.8. The predicted octanol–water partition coefficient (Wildman–Crippen LogP) is 4.86. The average Bonchev–Trinajstić information content (AvgIpc) is 3.01. The fraction of sp³-hybridized carbons (Fsp3) is 0.182. The van der Waals surface area contributed by atoms with E-state index in [1.807, 2.05) is 24.3 Å². The van der Waals surface area contributed by atoms with Crippen LogP contribution in [0.3, 0.4) is 0 Å². The van der Waals surface area contributed by atoms with Gasteiger partial charge in [-0.05, 0) is 55.0 Å². The molecule has 0 unspecified atom stereocenters. The number of hydrogen-bond donors (Lipinski definition) is 1. The number of esters is 1. The second-order valence-electron chi connectivity index (χ2n) is 6.48. The van der Waals surface area contributed by atoms with Gasteiger partial charge >= 0.3 is 5.97 Å². The minimum Gasteiger partial charge on any atom is -0.462 e. The molecule has 0 atom stereocenters. The Bertz CT molecular complexity index is 1040. The summed E-state index contributed by atoms with van der Waals surface area (Å²) < 4.78 is 6.32. The first-order chi connectivity index (χ1) is 14.9. The van der Waals surface area contributed by atoms with E-state index in [0.717, 1.165) is 10.0 Å². The van der Waals surface area contributed by atoms with Crippen LogP contribution >= 0.6 is 39.9 Å². The highest BCUT2D eigenvalue weighted by Gasteiger charge is 2.32. The van der Waals surface area contributed by atoms with Gasteiger partial charge in [-0.3, -0.25) is 14.5 Å². The highest BCUT2D eigenvalue weighted by Crippen LogP contribution is 2.32. The molecule has 1 aliphatic rings. The van der Waals surface area contributed by atoms with Crippen LogP contribution in [0, 0.1) is 0 Å². The lowest BCUT2D eigenvalue weighted by Gasteiger charge is -2.14. The third-order valence-electron chi connectivity index (χ3n) is 4.28. The second-order valence-corrected chi connectivity index (χ2v) is 9.07. The van der Waals surface area contributed by atoms with Crippen molar-refractivity contribution >= 4 is 73.8 Å². The normalized spacial score (nSPS) is 14.8. The van der Waals surface area contributed by atoms with Crippen molar-refractivity contribution in [3.63, 3.8) is 0 Å². The Labute approximate surface area is 198 Å². The van der Waals surface area contributed by atoms with Crippen molar-refractivity contribution in [2.75, 3.05) is 18.5 Å². The first-order valence-corrected chi connectivity index (χ1v) is 11.5. The number of rotatable bonds is 7. The molecule has 1 heterocycles. The zero-order valence-electron chi connectivity index (χ0n) is 16.6. The molecule has 0 aliphatic carbocycles. The summed E-state index contributed by atoms with van der Waals surface area (Å²) in [4.78, 5) is 38.6. The summed E-state index contributed by atoms with van der Waals surface area (Å²) in [5.41, 5.74) is 1.86. The summed E-state index contributed by atoms with van der Waals surface area (Å²) >= 11 is 9.93. The Balaban J connectivity index is 1.55. The van der Waals surface area contributed by atoms with Crippen molar-refractivity contribution in [1.29, 1.82) is 0 Å². The molecule has 6 nitrogen and oxygen atoms in total. The van der Waals surface area contributed by atoms with E-state index in [9.17, 15) is 14.4 Å². The SMILES string of the molecule is CCOC(=O)c1ccc(NC(=O)CCN2C(=O)/C(=C/c3ccc(Br)cc3)SC2=S)cc1. The standard InChI is InChI=1S/C22H19BrN2O4S2/c1-2-29-21(28)15-5-9-17(10-6-15)24-19(26)11-12-25-20(27)18(31-22(25)30)13-14-3-7-16(23)8-4-14/h3-10,13H,2,11-12H2,1H3,(H,24,26)/b18-13-. The first-order valence-electron chi connectivity index (χ1n) is 9.45. The van der Waals surface area contributed by atoms with Crippen LogP contribution in [-0.4, -0.2) is 40.2 Å². The molecule has 1 fully saturated rings. The Morgan fingerprint density at radius 2 is 1.84 bits per heavy atom. The van der Waals surface area contributed by atoms with Crippen LogP contribution in [-0.2, 0) is 14.3 Å². The Kier molecular flexibility index (Phi) is 8.00. The van der Waals surface area contributed by atoms with Crippen LogP contribution in [0.5, 0.6) is 0 Å². The Hall–Kier alpha value is -2.49. The van der Waals surface area contributed by atoms with E-state index >= 15 is 0 Å². The van der Waals surface area contributed by atoms with E-state index in [2.05, 4.69) is 21.2 Å². The van der Waals surface area contributed by atoms with Gasteiger partial charge in [0.05, 0.1) is 17.1 Å². The van der Waals surface area contributed by atoms with E-state index in [1.54, 1.807) is 37.3 Å². The van der Waals surface area contributed by atoms with E-state index in [1.165, 1.54) is 16.7 Å². The fourth-order valence-corrected chi connectivity index (χ4v) is 4.32. The molecular formula is C22H19BrN2O4S2. The molecule has 0 spiro atoms. The number of halogens is 1. The van der Waals surface area contributed by atoms with Crippen molar-refractivity contribution in [2.45, 2.75) is 13.3 Å². The van der Waals surface area contributed by atoms with Gasteiger partial charge in [-0.1, -0.05) is 52.0 Å². The Morgan fingerprint density at radius 1 is 1.16 bits per heavy atom. The number of hydrogen-bond acceptors (Lipinski definition) is 6. The number of nitrogens with one attached hydrogen (secondary N) is 1. The maximum atomic E-state index is 12.7. The highest BCUT2D eigenvalue weighted by atomic mass is 79.9. The number of thiocarbonyl (C=S) groups is 1. The molecular weight excluding hydrogens is 500 g/mol. The number of carbonyl (C=O) groups excluding carboxylic acids is 3. The van der Waals surface area contributed by atoms with Crippen LogP contribution in [0.1, 0.15) is 29.3 Å². The average molecular weight is 519 g/mol. The van der Waals surface area contributed by atoms with Crippen LogP contribution in [0.15, 0.2) is 57.9 Å². The van der Waals surface area contributed by atoms with Crippen LogP contribution in [0.2, 0.25) is 0 Å². The first kappa shape index (κ1) is 23.2.